The Kier molecular flexibility index (Phi) is 5.04. The molecule has 0 saturated carbocycles. The zero-order chi connectivity index (χ0) is 16.3. The number of aliphatic carboxylic acids is 1. The standard InChI is InChI=1S/C14H13NO5S2/c16-9-4-3-8(10(17)7-9)6-11-13(20)15(14(21)22-11)5-1-2-12(18)19/h3-4,6-7,16-17H,1-2,5H2,(H,18,19). The predicted molar refractivity (Wildman–Crippen MR) is 86.5 cm³/mol. The van der Waals surface area contributed by atoms with E-state index in [1.165, 1.54) is 29.2 Å². The molecule has 1 aliphatic heterocycles. The first-order valence-corrected chi connectivity index (χ1v) is 7.60. The van der Waals surface area contributed by atoms with Gasteiger partial charge in [0, 0.05) is 24.6 Å². The minimum atomic E-state index is -0.921. The van der Waals surface area contributed by atoms with Gasteiger partial charge in [0.1, 0.15) is 15.8 Å². The average molecular weight is 339 g/mol. The quantitative estimate of drug-likeness (QED) is 0.558. The Labute approximate surface area is 136 Å². The molecule has 0 aromatic heterocycles. The summed E-state index contributed by atoms with van der Waals surface area (Å²) in [6, 6.07) is 4.07. The highest BCUT2D eigenvalue weighted by Gasteiger charge is 2.31. The van der Waals surface area contributed by atoms with Crippen LogP contribution in [0, 0.1) is 0 Å². The summed E-state index contributed by atoms with van der Waals surface area (Å²) in [5.41, 5.74) is 0.392. The zero-order valence-electron chi connectivity index (χ0n) is 11.4. The maximum absolute atomic E-state index is 12.2. The Balaban J connectivity index is 2.13. The number of carboxylic acids is 1. The van der Waals surface area contributed by atoms with Crippen LogP contribution in [0.3, 0.4) is 0 Å². The number of thioether (sulfide) groups is 1. The molecule has 0 bridgehead atoms. The van der Waals surface area contributed by atoms with Crippen LogP contribution < -0.4 is 0 Å². The van der Waals surface area contributed by atoms with Crippen LogP contribution in [0.2, 0.25) is 0 Å². The zero-order valence-corrected chi connectivity index (χ0v) is 13.0. The lowest BCUT2D eigenvalue weighted by Crippen LogP contribution is -2.29. The van der Waals surface area contributed by atoms with E-state index in [1.807, 2.05) is 0 Å². The molecule has 1 aromatic rings. The van der Waals surface area contributed by atoms with Gasteiger partial charge in [0.2, 0.25) is 0 Å². The van der Waals surface area contributed by atoms with Crippen LogP contribution >= 0.6 is 24.0 Å². The third-order valence-corrected chi connectivity index (χ3v) is 4.32. The second kappa shape index (κ2) is 6.80. The van der Waals surface area contributed by atoms with E-state index >= 15 is 0 Å². The summed E-state index contributed by atoms with van der Waals surface area (Å²) < 4.78 is 0.361. The number of hydrogen-bond donors (Lipinski definition) is 3. The lowest BCUT2D eigenvalue weighted by atomic mass is 10.1. The molecular weight excluding hydrogens is 326 g/mol. The van der Waals surface area contributed by atoms with Crippen molar-refractivity contribution in [3.8, 4) is 11.5 Å². The van der Waals surface area contributed by atoms with Crippen molar-refractivity contribution in [3.05, 3.63) is 28.7 Å². The van der Waals surface area contributed by atoms with E-state index in [0.717, 1.165) is 11.8 Å². The van der Waals surface area contributed by atoms with Crippen molar-refractivity contribution >= 4 is 46.3 Å². The van der Waals surface area contributed by atoms with Gasteiger partial charge in [0.15, 0.2) is 0 Å². The molecule has 1 fully saturated rings. The van der Waals surface area contributed by atoms with Gasteiger partial charge in [0.05, 0.1) is 4.91 Å². The van der Waals surface area contributed by atoms with Crippen LogP contribution in [0.4, 0.5) is 0 Å². The van der Waals surface area contributed by atoms with Gasteiger partial charge in [0.25, 0.3) is 5.91 Å². The summed E-state index contributed by atoms with van der Waals surface area (Å²) in [4.78, 5) is 24.5. The number of thiocarbonyl (C=S) groups is 1. The molecule has 2 rings (SSSR count). The fourth-order valence-electron chi connectivity index (χ4n) is 1.88. The molecular formula is C14H13NO5S2. The number of phenols is 2. The average Bonchev–Trinajstić information content (AvgIpc) is 2.69. The number of benzene rings is 1. The van der Waals surface area contributed by atoms with Gasteiger partial charge in [-0.1, -0.05) is 24.0 Å². The minimum Gasteiger partial charge on any atom is -0.508 e. The van der Waals surface area contributed by atoms with Crippen LogP contribution in [0.1, 0.15) is 18.4 Å². The number of carboxylic acid groups (broad SMARTS) is 1. The highest BCUT2D eigenvalue weighted by atomic mass is 32.2. The van der Waals surface area contributed by atoms with Crippen LogP contribution in [0.15, 0.2) is 23.1 Å². The van der Waals surface area contributed by atoms with E-state index < -0.39 is 5.97 Å². The fourth-order valence-corrected chi connectivity index (χ4v) is 3.18. The molecule has 1 heterocycles. The molecule has 116 valence electrons. The Morgan fingerprint density at radius 1 is 1.36 bits per heavy atom. The van der Waals surface area contributed by atoms with E-state index in [2.05, 4.69) is 0 Å². The first kappa shape index (κ1) is 16.3. The van der Waals surface area contributed by atoms with Gasteiger partial charge >= 0.3 is 5.97 Å². The van der Waals surface area contributed by atoms with Crippen LogP contribution in [-0.4, -0.2) is 43.0 Å². The van der Waals surface area contributed by atoms with Gasteiger partial charge in [-0.2, -0.15) is 0 Å². The van der Waals surface area contributed by atoms with Crippen LogP contribution in [-0.2, 0) is 9.59 Å². The Bertz CT molecular complexity index is 671. The third-order valence-electron chi connectivity index (χ3n) is 2.95. The summed E-state index contributed by atoms with van der Waals surface area (Å²) >= 11 is 6.22. The van der Waals surface area contributed by atoms with Gasteiger partial charge in [-0.15, -0.1) is 0 Å². The monoisotopic (exact) mass is 339 g/mol. The van der Waals surface area contributed by atoms with Gasteiger partial charge in [-0.3, -0.25) is 14.5 Å². The van der Waals surface area contributed by atoms with Gasteiger partial charge < -0.3 is 15.3 Å². The molecule has 1 aromatic carbocycles. The lowest BCUT2D eigenvalue weighted by molar-refractivity contribution is -0.137. The van der Waals surface area contributed by atoms with Crippen molar-refractivity contribution in [3.63, 3.8) is 0 Å². The maximum atomic E-state index is 12.2. The molecule has 22 heavy (non-hydrogen) atoms. The molecule has 8 heteroatoms. The highest BCUT2D eigenvalue weighted by Crippen LogP contribution is 2.34. The second-order valence-corrected chi connectivity index (χ2v) is 6.25. The van der Waals surface area contributed by atoms with Crippen molar-refractivity contribution in [2.45, 2.75) is 12.8 Å². The summed E-state index contributed by atoms with van der Waals surface area (Å²) in [5, 5.41) is 27.6. The van der Waals surface area contributed by atoms with E-state index in [9.17, 15) is 19.8 Å². The molecule has 0 aliphatic carbocycles. The number of hydrogen-bond acceptors (Lipinski definition) is 6. The van der Waals surface area contributed by atoms with Crippen molar-refractivity contribution in [1.29, 1.82) is 0 Å². The first-order valence-electron chi connectivity index (χ1n) is 6.37. The van der Waals surface area contributed by atoms with E-state index in [-0.39, 0.29) is 30.4 Å². The largest absolute Gasteiger partial charge is 0.508 e. The molecule has 0 spiro atoms. The molecule has 3 N–H and O–H groups in total. The van der Waals surface area contributed by atoms with Crippen molar-refractivity contribution < 1.29 is 24.9 Å². The summed E-state index contributed by atoms with van der Waals surface area (Å²) in [5.74, 6) is -1.45. The number of amides is 1. The number of phenolic OH excluding ortho intramolecular Hbond substituents is 2. The number of carbonyl (C=O) groups is 2. The second-order valence-electron chi connectivity index (χ2n) is 4.57. The van der Waals surface area contributed by atoms with E-state index in [1.54, 1.807) is 0 Å². The van der Waals surface area contributed by atoms with E-state index in [0.29, 0.717) is 21.2 Å². The number of aromatic hydroxyl groups is 2. The summed E-state index contributed by atoms with van der Waals surface area (Å²) in [6.45, 7) is 0.246. The number of rotatable bonds is 5. The molecule has 1 saturated heterocycles. The fraction of sp³-hybridized carbons (Fsp3) is 0.214. The first-order chi connectivity index (χ1) is 10.4. The van der Waals surface area contributed by atoms with Crippen molar-refractivity contribution in [2.75, 3.05) is 6.54 Å². The maximum Gasteiger partial charge on any atom is 0.303 e. The number of carbonyl (C=O) groups excluding carboxylic acids is 1. The minimum absolute atomic E-state index is 0.0329. The van der Waals surface area contributed by atoms with Crippen molar-refractivity contribution in [1.82, 2.24) is 4.90 Å². The summed E-state index contributed by atoms with van der Waals surface area (Å²) in [6.07, 6.45) is 1.78. The topological polar surface area (TPSA) is 98.1 Å². The Morgan fingerprint density at radius 2 is 2.09 bits per heavy atom. The van der Waals surface area contributed by atoms with Crippen molar-refractivity contribution in [2.24, 2.45) is 0 Å². The number of nitrogens with zero attached hydrogens (tertiary/aromatic N) is 1. The van der Waals surface area contributed by atoms with Crippen LogP contribution in [0.5, 0.6) is 11.5 Å². The molecule has 1 amide bonds. The highest BCUT2D eigenvalue weighted by molar-refractivity contribution is 8.26. The van der Waals surface area contributed by atoms with E-state index in [4.69, 9.17) is 17.3 Å². The van der Waals surface area contributed by atoms with Crippen LogP contribution in [0.25, 0.3) is 6.08 Å². The SMILES string of the molecule is O=C(O)CCCN1C(=O)C(=Cc2ccc(O)cc2O)SC1=S. The Morgan fingerprint density at radius 3 is 2.73 bits per heavy atom. The molecule has 0 atom stereocenters. The smallest absolute Gasteiger partial charge is 0.303 e. The Hall–Kier alpha value is -2.06. The van der Waals surface area contributed by atoms with Gasteiger partial charge in [-0.05, 0) is 24.6 Å². The molecule has 0 unspecified atom stereocenters. The summed E-state index contributed by atoms with van der Waals surface area (Å²) in [7, 11) is 0. The molecule has 1 aliphatic rings. The normalized spacial score (nSPS) is 16.5. The lowest BCUT2D eigenvalue weighted by Gasteiger charge is -2.13. The predicted octanol–water partition coefficient (Wildman–Crippen LogP) is 2.16. The van der Waals surface area contributed by atoms with Gasteiger partial charge in [-0.25, -0.2) is 0 Å². The molecule has 6 nitrogen and oxygen atoms in total. The molecule has 0 radical (unpaired) electrons. The third kappa shape index (κ3) is 3.77.